The first kappa shape index (κ1) is 15.5. The standard InChI is InChI=1S/C15H25BN2O2/c1-10-9-18-12(7-11(2)17)8-13(10)16-19-14(3,4)15(5,6)20-16/h8-9,11H,7,17H2,1-6H3. The van der Waals surface area contributed by atoms with Crippen LogP contribution in [0.5, 0.6) is 0 Å². The van der Waals surface area contributed by atoms with Crippen molar-refractivity contribution in [2.45, 2.75) is 65.2 Å². The molecule has 0 aromatic carbocycles. The topological polar surface area (TPSA) is 57.4 Å². The number of nitrogens with two attached hydrogens (primary N) is 1. The van der Waals surface area contributed by atoms with Crippen molar-refractivity contribution >= 4 is 12.6 Å². The Morgan fingerprint density at radius 3 is 2.30 bits per heavy atom. The Hall–Kier alpha value is -0.905. The molecule has 2 rings (SSSR count). The molecule has 5 heteroatoms. The minimum atomic E-state index is -0.338. The third kappa shape index (κ3) is 2.90. The number of pyridine rings is 1. The lowest BCUT2D eigenvalue weighted by atomic mass is 9.76. The fourth-order valence-electron chi connectivity index (χ4n) is 2.25. The second-order valence-electron chi connectivity index (χ2n) is 6.80. The van der Waals surface area contributed by atoms with Crippen LogP contribution in [0.4, 0.5) is 0 Å². The van der Waals surface area contributed by atoms with E-state index < -0.39 is 0 Å². The smallest absolute Gasteiger partial charge is 0.399 e. The van der Waals surface area contributed by atoms with Crippen LogP contribution in [0.1, 0.15) is 45.9 Å². The minimum Gasteiger partial charge on any atom is -0.399 e. The van der Waals surface area contributed by atoms with Gasteiger partial charge in [-0.1, -0.05) is 0 Å². The highest BCUT2D eigenvalue weighted by atomic mass is 16.7. The van der Waals surface area contributed by atoms with Crippen molar-refractivity contribution in [3.05, 3.63) is 23.5 Å². The van der Waals surface area contributed by atoms with E-state index in [2.05, 4.69) is 38.7 Å². The molecule has 0 aliphatic carbocycles. The maximum Gasteiger partial charge on any atom is 0.495 e. The van der Waals surface area contributed by atoms with Crippen molar-refractivity contribution in [2.24, 2.45) is 5.73 Å². The molecule has 1 fully saturated rings. The lowest BCUT2D eigenvalue weighted by Crippen LogP contribution is -2.41. The van der Waals surface area contributed by atoms with Crippen molar-refractivity contribution in [3.8, 4) is 0 Å². The van der Waals surface area contributed by atoms with Crippen molar-refractivity contribution in [2.75, 3.05) is 0 Å². The monoisotopic (exact) mass is 276 g/mol. The summed E-state index contributed by atoms with van der Waals surface area (Å²) in [5.41, 5.74) is 8.31. The van der Waals surface area contributed by atoms with Crippen LogP contribution < -0.4 is 11.2 Å². The van der Waals surface area contributed by atoms with E-state index in [9.17, 15) is 0 Å². The van der Waals surface area contributed by atoms with E-state index in [1.165, 1.54) is 0 Å². The second-order valence-corrected chi connectivity index (χ2v) is 6.80. The van der Waals surface area contributed by atoms with Gasteiger partial charge in [-0.2, -0.15) is 0 Å². The number of aryl methyl sites for hydroxylation is 1. The maximum absolute atomic E-state index is 6.11. The van der Waals surface area contributed by atoms with Crippen LogP contribution in [0, 0.1) is 6.92 Å². The number of rotatable bonds is 3. The second kappa shape index (κ2) is 5.13. The maximum atomic E-state index is 6.11. The Balaban J connectivity index is 2.30. The van der Waals surface area contributed by atoms with Crippen LogP contribution in [0.3, 0.4) is 0 Å². The molecule has 0 radical (unpaired) electrons. The highest BCUT2D eigenvalue weighted by Gasteiger charge is 2.52. The average molecular weight is 276 g/mol. The predicted molar refractivity (Wildman–Crippen MR) is 82.0 cm³/mol. The molecule has 1 aromatic heterocycles. The predicted octanol–water partition coefficient (Wildman–Crippen LogP) is 1.58. The molecule has 0 saturated carbocycles. The Bertz CT molecular complexity index is 485. The molecule has 1 aromatic rings. The summed E-state index contributed by atoms with van der Waals surface area (Å²) in [6, 6.07) is 2.15. The van der Waals surface area contributed by atoms with Crippen LogP contribution >= 0.6 is 0 Å². The lowest BCUT2D eigenvalue weighted by Gasteiger charge is -2.32. The largest absolute Gasteiger partial charge is 0.495 e. The first-order chi connectivity index (χ1) is 9.12. The molecule has 2 heterocycles. The zero-order valence-corrected chi connectivity index (χ0v) is 13.4. The highest BCUT2D eigenvalue weighted by Crippen LogP contribution is 2.36. The molecule has 1 atom stereocenters. The van der Waals surface area contributed by atoms with E-state index >= 15 is 0 Å². The Labute approximate surface area is 122 Å². The molecule has 0 bridgehead atoms. The van der Waals surface area contributed by atoms with E-state index in [-0.39, 0.29) is 24.4 Å². The normalized spacial score (nSPS) is 22.1. The van der Waals surface area contributed by atoms with Gasteiger partial charge in [0.2, 0.25) is 0 Å². The minimum absolute atomic E-state index is 0.0938. The Kier molecular flexibility index (Phi) is 3.97. The summed E-state index contributed by atoms with van der Waals surface area (Å²) in [5.74, 6) is 0. The Morgan fingerprint density at radius 2 is 1.80 bits per heavy atom. The van der Waals surface area contributed by atoms with E-state index in [1.54, 1.807) is 0 Å². The molecule has 1 unspecified atom stereocenters. The third-order valence-corrected chi connectivity index (χ3v) is 4.24. The number of hydrogen-bond donors (Lipinski definition) is 1. The van der Waals surface area contributed by atoms with Crippen molar-refractivity contribution in [1.82, 2.24) is 4.98 Å². The zero-order valence-electron chi connectivity index (χ0n) is 13.4. The summed E-state index contributed by atoms with van der Waals surface area (Å²) >= 11 is 0. The van der Waals surface area contributed by atoms with Gasteiger partial charge in [0, 0.05) is 24.4 Å². The van der Waals surface area contributed by atoms with Crippen LogP contribution in [0.15, 0.2) is 12.3 Å². The van der Waals surface area contributed by atoms with E-state index in [1.807, 2.05) is 20.0 Å². The van der Waals surface area contributed by atoms with Gasteiger partial charge in [0.05, 0.1) is 11.2 Å². The molecule has 2 N–H and O–H groups in total. The molecular weight excluding hydrogens is 251 g/mol. The molecule has 0 spiro atoms. The summed E-state index contributed by atoms with van der Waals surface area (Å²) in [6.45, 7) is 12.3. The van der Waals surface area contributed by atoms with Crippen molar-refractivity contribution in [1.29, 1.82) is 0 Å². The Morgan fingerprint density at radius 1 is 1.25 bits per heavy atom. The van der Waals surface area contributed by atoms with Gasteiger partial charge in [-0.25, -0.2) is 0 Å². The third-order valence-electron chi connectivity index (χ3n) is 4.24. The summed E-state index contributed by atoms with van der Waals surface area (Å²) in [5, 5.41) is 0. The summed E-state index contributed by atoms with van der Waals surface area (Å²) < 4.78 is 12.2. The quantitative estimate of drug-likeness (QED) is 0.852. The molecule has 0 amide bonds. The van der Waals surface area contributed by atoms with E-state index in [0.29, 0.717) is 0 Å². The zero-order chi connectivity index (χ0) is 15.1. The molecular formula is C15H25BN2O2. The van der Waals surface area contributed by atoms with Crippen LogP contribution in [-0.2, 0) is 15.7 Å². The van der Waals surface area contributed by atoms with Crippen LogP contribution in [0.25, 0.3) is 0 Å². The molecule has 110 valence electrons. The van der Waals surface area contributed by atoms with Gasteiger partial charge >= 0.3 is 7.12 Å². The molecule has 1 saturated heterocycles. The molecule has 1 aliphatic rings. The van der Waals surface area contributed by atoms with Gasteiger partial charge in [0.15, 0.2) is 0 Å². The highest BCUT2D eigenvalue weighted by molar-refractivity contribution is 6.62. The molecule has 20 heavy (non-hydrogen) atoms. The first-order valence-corrected chi connectivity index (χ1v) is 7.19. The van der Waals surface area contributed by atoms with Gasteiger partial charge < -0.3 is 15.0 Å². The number of nitrogens with zero attached hydrogens (tertiary/aromatic N) is 1. The summed E-state index contributed by atoms with van der Waals surface area (Å²) in [6.07, 6.45) is 2.63. The van der Waals surface area contributed by atoms with Gasteiger partial charge in [0.1, 0.15) is 0 Å². The van der Waals surface area contributed by atoms with Gasteiger partial charge in [-0.05, 0) is 58.6 Å². The number of aromatic nitrogens is 1. The van der Waals surface area contributed by atoms with Gasteiger partial charge in [-0.3, -0.25) is 4.98 Å². The summed E-state index contributed by atoms with van der Waals surface area (Å²) in [4.78, 5) is 4.43. The van der Waals surface area contributed by atoms with Crippen LogP contribution in [-0.4, -0.2) is 29.3 Å². The lowest BCUT2D eigenvalue weighted by molar-refractivity contribution is 0.00578. The fourth-order valence-corrected chi connectivity index (χ4v) is 2.25. The summed E-state index contributed by atoms with van der Waals surface area (Å²) in [7, 11) is -0.338. The molecule has 1 aliphatic heterocycles. The molecule has 4 nitrogen and oxygen atoms in total. The average Bonchev–Trinajstić information content (AvgIpc) is 2.50. The van der Waals surface area contributed by atoms with Gasteiger partial charge in [0.25, 0.3) is 0 Å². The van der Waals surface area contributed by atoms with Crippen molar-refractivity contribution < 1.29 is 9.31 Å². The number of hydrogen-bond acceptors (Lipinski definition) is 4. The first-order valence-electron chi connectivity index (χ1n) is 7.19. The van der Waals surface area contributed by atoms with E-state index in [4.69, 9.17) is 15.0 Å². The van der Waals surface area contributed by atoms with Gasteiger partial charge in [-0.15, -0.1) is 0 Å². The fraction of sp³-hybridized carbons (Fsp3) is 0.667. The van der Waals surface area contributed by atoms with Crippen LogP contribution in [0.2, 0.25) is 0 Å². The van der Waals surface area contributed by atoms with Crippen molar-refractivity contribution in [3.63, 3.8) is 0 Å². The SMILES string of the molecule is Cc1cnc(CC(C)N)cc1B1OC(C)(C)C(C)(C)O1. The van der Waals surface area contributed by atoms with E-state index in [0.717, 1.165) is 23.1 Å².